The molecule has 1 heterocycles. The van der Waals surface area contributed by atoms with Crippen LogP contribution >= 0.6 is 15.9 Å². The average Bonchev–Trinajstić information content (AvgIpc) is 2.41. The van der Waals surface area contributed by atoms with E-state index in [0.29, 0.717) is 6.54 Å². The maximum Gasteiger partial charge on any atom is 0.320 e. The van der Waals surface area contributed by atoms with Crippen molar-refractivity contribution in [2.45, 2.75) is 24.3 Å². The van der Waals surface area contributed by atoms with Gasteiger partial charge in [0.15, 0.2) is 0 Å². The van der Waals surface area contributed by atoms with E-state index < -0.39 is 0 Å². The summed E-state index contributed by atoms with van der Waals surface area (Å²) in [5.41, 5.74) is 0. The quantitative estimate of drug-likeness (QED) is 0.572. The molecule has 1 saturated heterocycles. The molecule has 1 aliphatic rings. The van der Waals surface area contributed by atoms with Gasteiger partial charge in [-0.1, -0.05) is 15.9 Å². The maximum absolute atomic E-state index is 11.2. The third-order valence-corrected chi connectivity index (χ3v) is 3.08. The number of esters is 1. The monoisotopic (exact) mass is 279 g/mol. The molecule has 2 atom stereocenters. The van der Waals surface area contributed by atoms with Gasteiger partial charge in [0, 0.05) is 26.2 Å². The predicted octanol–water partition coefficient (Wildman–Crippen LogP) is 1.03. The first-order valence-electron chi connectivity index (χ1n) is 5.19. The summed E-state index contributed by atoms with van der Waals surface area (Å²) < 4.78 is 10.2. The van der Waals surface area contributed by atoms with E-state index >= 15 is 0 Å². The van der Waals surface area contributed by atoms with Gasteiger partial charge in [0.2, 0.25) is 0 Å². The van der Waals surface area contributed by atoms with Crippen LogP contribution in [0, 0.1) is 0 Å². The summed E-state index contributed by atoms with van der Waals surface area (Å²) in [5.74, 6) is -0.215. The fourth-order valence-corrected chi connectivity index (χ4v) is 2.27. The third kappa shape index (κ3) is 4.49. The highest BCUT2D eigenvalue weighted by Crippen LogP contribution is 2.10. The second-order valence-electron chi connectivity index (χ2n) is 3.79. The van der Waals surface area contributed by atoms with E-state index in [4.69, 9.17) is 4.74 Å². The van der Waals surface area contributed by atoms with Crippen LogP contribution in [0.15, 0.2) is 0 Å². The van der Waals surface area contributed by atoms with Gasteiger partial charge in [0.1, 0.15) is 4.83 Å². The van der Waals surface area contributed by atoms with Crippen LogP contribution in [-0.4, -0.2) is 55.2 Å². The lowest BCUT2D eigenvalue weighted by Crippen LogP contribution is -2.37. The van der Waals surface area contributed by atoms with Crippen LogP contribution in [-0.2, 0) is 14.3 Å². The lowest BCUT2D eigenvalue weighted by Gasteiger charge is -2.23. The molecule has 0 aromatic rings. The van der Waals surface area contributed by atoms with Crippen LogP contribution in [0.3, 0.4) is 0 Å². The van der Waals surface area contributed by atoms with Crippen LogP contribution in [0.5, 0.6) is 0 Å². The molecule has 88 valence electrons. The Kier molecular flexibility index (Phi) is 5.56. The maximum atomic E-state index is 11.2. The fraction of sp³-hybridized carbons (Fsp3) is 0.900. The SMILES string of the molecule is COC(=O)C(Br)CN1CCCOC(C)C1. The lowest BCUT2D eigenvalue weighted by molar-refractivity contribution is -0.140. The number of hydrogen-bond donors (Lipinski definition) is 0. The molecule has 15 heavy (non-hydrogen) atoms. The summed E-state index contributed by atoms with van der Waals surface area (Å²) in [7, 11) is 1.41. The van der Waals surface area contributed by atoms with E-state index in [1.165, 1.54) is 7.11 Å². The molecule has 0 amide bonds. The predicted molar refractivity (Wildman–Crippen MR) is 61.2 cm³/mol. The molecule has 5 heteroatoms. The van der Waals surface area contributed by atoms with Crippen LogP contribution in [0.1, 0.15) is 13.3 Å². The number of methoxy groups -OCH3 is 1. The molecule has 4 nitrogen and oxygen atoms in total. The number of rotatable bonds is 3. The van der Waals surface area contributed by atoms with Crippen molar-refractivity contribution in [3.05, 3.63) is 0 Å². The summed E-state index contributed by atoms with van der Waals surface area (Å²) in [4.78, 5) is 13.2. The largest absolute Gasteiger partial charge is 0.468 e. The van der Waals surface area contributed by atoms with Gasteiger partial charge in [-0.05, 0) is 13.3 Å². The highest BCUT2D eigenvalue weighted by Gasteiger charge is 2.22. The Hall–Kier alpha value is -0.130. The van der Waals surface area contributed by atoms with Gasteiger partial charge in [-0.25, -0.2) is 0 Å². The van der Waals surface area contributed by atoms with Gasteiger partial charge in [-0.3, -0.25) is 9.69 Å². The van der Waals surface area contributed by atoms with Crippen molar-refractivity contribution >= 4 is 21.9 Å². The minimum absolute atomic E-state index is 0.215. The standard InChI is InChI=1S/C10H18BrNO3/c1-8-6-12(4-3-5-15-8)7-9(11)10(13)14-2/h8-9H,3-7H2,1-2H3. The van der Waals surface area contributed by atoms with E-state index in [-0.39, 0.29) is 16.9 Å². The number of nitrogens with zero attached hydrogens (tertiary/aromatic N) is 1. The molecule has 1 rings (SSSR count). The molecule has 0 saturated carbocycles. The Morgan fingerprint density at radius 3 is 3.13 bits per heavy atom. The highest BCUT2D eigenvalue weighted by atomic mass is 79.9. The lowest BCUT2D eigenvalue weighted by atomic mass is 10.3. The normalized spacial score (nSPS) is 25.7. The summed E-state index contributed by atoms with van der Waals surface area (Å²) in [6.07, 6.45) is 1.26. The Labute approximate surface area is 99.0 Å². The highest BCUT2D eigenvalue weighted by molar-refractivity contribution is 9.10. The number of halogens is 1. The number of carbonyl (C=O) groups is 1. The molecule has 0 N–H and O–H groups in total. The minimum Gasteiger partial charge on any atom is -0.468 e. The van der Waals surface area contributed by atoms with E-state index in [1.54, 1.807) is 0 Å². The van der Waals surface area contributed by atoms with Crippen molar-refractivity contribution < 1.29 is 14.3 Å². The molecule has 0 aromatic carbocycles. The van der Waals surface area contributed by atoms with E-state index in [2.05, 4.69) is 32.5 Å². The Bertz CT molecular complexity index is 213. The molecule has 0 spiro atoms. The molecular weight excluding hydrogens is 262 g/mol. The van der Waals surface area contributed by atoms with Crippen molar-refractivity contribution in [3.63, 3.8) is 0 Å². The Morgan fingerprint density at radius 1 is 1.73 bits per heavy atom. The molecule has 0 aromatic heterocycles. The summed E-state index contributed by atoms with van der Waals surface area (Å²) in [6, 6.07) is 0. The van der Waals surface area contributed by atoms with Crippen molar-refractivity contribution in [1.29, 1.82) is 0 Å². The number of carbonyl (C=O) groups excluding carboxylic acids is 1. The van der Waals surface area contributed by atoms with Crippen LogP contribution in [0.25, 0.3) is 0 Å². The van der Waals surface area contributed by atoms with E-state index in [0.717, 1.165) is 26.1 Å². The van der Waals surface area contributed by atoms with Gasteiger partial charge in [0.25, 0.3) is 0 Å². The van der Waals surface area contributed by atoms with Crippen molar-refractivity contribution in [2.24, 2.45) is 0 Å². The van der Waals surface area contributed by atoms with Gasteiger partial charge in [-0.15, -0.1) is 0 Å². The second-order valence-corrected chi connectivity index (χ2v) is 4.89. The second kappa shape index (κ2) is 6.45. The first kappa shape index (κ1) is 12.9. The zero-order valence-corrected chi connectivity index (χ0v) is 10.8. The van der Waals surface area contributed by atoms with E-state index in [1.807, 2.05) is 0 Å². The Morgan fingerprint density at radius 2 is 2.47 bits per heavy atom. The third-order valence-electron chi connectivity index (χ3n) is 2.41. The van der Waals surface area contributed by atoms with Crippen molar-refractivity contribution in [3.8, 4) is 0 Å². The molecule has 0 aliphatic carbocycles. The molecule has 2 unspecified atom stereocenters. The topological polar surface area (TPSA) is 38.8 Å². The van der Waals surface area contributed by atoms with Crippen molar-refractivity contribution in [2.75, 3.05) is 33.4 Å². The van der Waals surface area contributed by atoms with Gasteiger partial charge >= 0.3 is 5.97 Å². The Balaban J connectivity index is 2.38. The van der Waals surface area contributed by atoms with Crippen LogP contribution in [0.2, 0.25) is 0 Å². The summed E-state index contributed by atoms with van der Waals surface area (Å²) >= 11 is 3.33. The van der Waals surface area contributed by atoms with Gasteiger partial charge < -0.3 is 9.47 Å². The van der Waals surface area contributed by atoms with Crippen LogP contribution < -0.4 is 0 Å². The van der Waals surface area contributed by atoms with Gasteiger partial charge in [0.05, 0.1) is 13.2 Å². The van der Waals surface area contributed by atoms with Crippen molar-refractivity contribution in [1.82, 2.24) is 4.90 Å². The number of hydrogen-bond acceptors (Lipinski definition) is 4. The molecular formula is C10H18BrNO3. The van der Waals surface area contributed by atoms with Crippen LogP contribution in [0.4, 0.5) is 0 Å². The molecule has 0 radical (unpaired) electrons. The summed E-state index contributed by atoms with van der Waals surface area (Å²) in [6.45, 7) is 5.39. The van der Waals surface area contributed by atoms with E-state index in [9.17, 15) is 4.79 Å². The molecule has 0 bridgehead atoms. The first-order chi connectivity index (χ1) is 7.13. The van der Waals surface area contributed by atoms with Gasteiger partial charge in [-0.2, -0.15) is 0 Å². The zero-order chi connectivity index (χ0) is 11.3. The smallest absolute Gasteiger partial charge is 0.320 e. The number of alkyl halides is 1. The first-order valence-corrected chi connectivity index (χ1v) is 6.11. The summed E-state index contributed by atoms with van der Waals surface area (Å²) in [5, 5.41) is 0. The average molecular weight is 280 g/mol. The molecule has 1 aliphatic heterocycles. The fourth-order valence-electron chi connectivity index (χ4n) is 1.68. The zero-order valence-electron chi connectivity index (χ0n) is 9.24. The minimum atomic E-state index is -0.243. The molecule has 1 fully saturated rings. The number of ether oxygens (including phenoxy) is 2.